The van der Waals surface area contributed by atoms with Crippen molar-refractivity contribution >= 4 is 5.91 Å². The third-order valence-electron chi connectivity index (χ3n) is 3.63. The summed E-state index contributed by atoms with van der Waals surface area (Å²) >= 11 is 0. The van der Waals surface area contributed by atoms with Crippen molar-refractivity contribution in [2.45, 2.75) is 19.8 Å². The number of rotatable bonds is 5. The minimum absolute atomic E-state index is 0.0647. The molecule has 1 amide bonds. The summed E-state index contributed by atoms with van der Waals surface area (Å²) < 4.78 is 10.8. The van der Waals surface area contributed by atoms with Crippen LogP contribution in [0.25, 0.3) is 0 Å². The summed E-state index contributed by atoms with van der Waals surface area (Å²) in [5.41, 5.74) is 0.660. The Morgan fingerprint density at radius 1 is 1.40 bits per heavy atom. The van der Waals surface area contributed by atoms with Crippen LogP contribution in [-0.2, 0) is 4.74 Å². The summed E-state index contributed by atoms with van der Waals surface area (Å²) in [5.74, 6) is 1.18. The van der Waals surface area contributed by atoms with Crippen molar-refractivity contribution in [1.29, 1.82) is 0 Å². The summed E-state index contributed by atoms with van der Waals surface area (Å²) in [6.45, 7) is 4.80. The van der Waals surface area contributed by atoms with E-state index in [-0.39, 0.29) is 5.91 Å². The minimum Gasteiger partial charge on any atom is -0.493 e. The van der Waals surface area contributed by atoms with E-state index in [0.717, 1.165) is 32.5 Å². The Morgan fingerprint density at radius 2 is 2.20 bits per heavy atom. The van der Waals surface area contributed by atoms with Crippen LogP contribution in [0.1, 0.15) is 30.1 Å². The molecule has 1 saturated heterocycles. The maximum absolute atomic E-state index is 12.7. The van der Waals surface area contributed by atoms with Crippen molar-refractivity contribution in [1.82, 2.24) is 4.90 Å². The van der Waals surface area contributed by atoms with E-state index in [4.69, 9.17) is 9.47 Å². The lowest BCUT2D eigenvalue weighted by Gasteiger charge is -2.32. The standard InChI is InChI=1S/C16H23NO3/c1-3-20-15-9-5-4-8-14(15)16(18)17-10-6-7-13(11-17)12-19-2/h4-5,8-9,13H,3,6-7,10-12H2,1-2H3. The Hall–Kier alpha value is -1.55. The molecule has 1 atom stereocenters. The van der Waals surface area contributed by atoms with Crippen LogP contribution >= 0.6 is 0 Å². The van der Waals surface area contributed by atoms with Gasteiger partial charge in [0, 0.05) is 20.2 Å². The largest absolute Gasteiger partial charge is 0.493 e. The van der Waals surface area contributed by atoms with Crippen LogP contribution < -0.4 is 4.74 Å². The number of likely N-dealkylation sites (tertiary alicyclic amines) is 1. The topological polar surface area (TPSA) is 38.8 Å². The Labute approximate surface area is 120 Å². The number of carbonyl (C=O) groups excluding carboxylic acids is 1. The number of nitrogens with zero attached hydrogens (tertiary/aromatic N) is 1. The molecule has 0 spiro atoms. The summed E-state index contributed by atoms with van der Waals surface area (Å²) in [5, 5.41) is 0. The number of benzene rings is 1. The molecule has 1 unspecified atom stereocenters. The highest BCUT2D eigenvalue weighted by molar-refractivity contribution is 5.97. The second-order valence-corrected chi connectivity index (χ2v) is 5.14. The van der Waals surface area contributed by atoms with Crippen LogP contribution in [0.4, 0.5) is 0 Å². The van der Waals surface area contributed by atoms with Crippen LogP contribution in [0.15, 0.2) is 24.3 Å². The van der Waals surface area contributed by atoms with Gasteiger partial charge in [0.1, 0.15) is 5.75 Å². The van der Waals surface area contributed by atoms with E-state index in [9.17, 15) is 4.79 Å². The van der Waals surface area contributed by atoms with E-state index in [0.29, 0.717) is 23.8 Å². The van der Waals surface area contributed by atoms with Gasteiger partial charge in [-0.25, -0.2) is 0 Å². The van der Waals surface area contributed by atoms with E-state index >= 15 is 0 Å². The smallest absolute Gasteiger partial charge is 0.257 e. The number of hydrogen-bond acceptors (Lipinski definition) is 3. The van der Waals surface area contributed by atoms with Gasteiger partial charge in [0.2, 0.25) is 0 Å². The molecule has 1 aromatic carbocycles. The lowest BCUT2D eigenvalue weighted by atomic mass is 9.98. The number of methoxy groups -OCH3 is 1. The molecule has 1 fully saturated rings. The van der Waals surface area contributed by atoms with E-state index < -0.39 is 0 Å². The Morgan fingerprint density at radius 3 is 2.95 bits per heavy atom. The van der Waals surface area contributed by atoms with Gasteiger partial charge in [0.25, 0.3) is 5.91 Å². The Bertz CT molecular complexity index is 445. The van der Waals surface area contributed by atoms with Gasteiger partial charge >= 0.3 is 0 Å². The average molecular weight is 277 g/mol. The first-order valence-corrected chi connectivity index (χ1v) is 7.26. The third kappa shape index (κ3) is 3.51. The zero-order valence-corrected chi connectivity index (χ0v) is 12.3. The van der Waals surface area contributed by atoms with Crippen LogP contribution in [0.2, 0.25) is 0 Å². The summed E-state index contributed by atoms with van der Waals surface area (Å²) in [7, 11) is 1.71. The van der Waals surface area contributed by atoms with Crippen molar-refractivity contribution in [3.63, 3.8) is 0 Å². The fourth-order valence-electron chi connectivity index (χ4n) is 2.72. The number of piperidine rings is 1. The highest BCUT2D eigenvalue weighted by Crippen LogP contribution is 2.23. The highest BCUT2D eigenvalue weighted by atomic mass is 16.5. The Kier molecular flexibility index (Phi) is 5.41. The second-order valence-electron chi connectivity index (χ2n) is 5.14. The molecule has 0 aromatic heterocycles. The molecular weight excluding hydrogens is 254 g/mol. The molecule has 1 aliphatic heterocycles. The molecule has 0 radical (unpaired) electrons. The molecule has 0 saturated carbocycles. The summed E-state index contributed by atoms with van der Waals surface area (Å²) in [6, 6.07) is 7.47. The highest BCUT2D eigenvalue weighted by Gasteiger charge is 2.25. The second kappa shape index (κ2) is 7.29. The van der Waals surface area contributed by atoms with Crippen LogP contribution in [0.5, 0.6) is 5.75 Å². The monoisotopic (exact) mass is 277 g/mol. The molecule has 1 aromatic rings. The number of para-hydroxylation sites is 1. The Balaban J connectivity index is 2.10. The van der Waals surface area contributed by atoms with Crippen molar-refractivity contribution in [2.75, 3.05) is 33.4 Å². The van der Waals surface area contributed by atoms with Gasteiger partial charge < -0.3 is 14.4 Å². The predicted molar refractivity (Wildman–Crippen MR) is 78.1 cm³/mol. The molecule has 1 aliphatic rings. The first-order valence-electron chi connectivity index (χ1n) is 7.26. The van der Waals surface area contributed by atoms with Gasteiger partial charge in [-0.1, -0.05) is 12.1 Å². The normalized spacial score (nSPS) is 18.9. The summed E-state index contributed by atoms with van der Waals surface area (Å²) in [4.78, 5) is 14.6. The number of amides is 1. The van der Waals surface area contributed by atoms with E-state index in [1.54, 1.807) is 7.11 Å². The molecule has 1 heterocycles. The minimum atomic E-state index is 0.0647. The fourth-order valence-corrected chi connectivity index (χ4v) is 2.72. The van der Waals surface area contributed by atoms with Crippen LogP contribution in [-0.4, -0.2) is 44.2 Å². The summed E-state index contributed by atoms with van der Waals surface area (Å²) in [6.07, 6.45) is 2.17. The van der Waals surface area contributed by atoms with Gasteiger partial charge in [-0.05, 0) is 37.8 Å². The van der Waals surface area contributed by atoms with Crippen molar-refractivity contribution in [3.05, 3.63) is 29.8 Å². The molecular formula is C16H23NO3. The molecule has 4 heteroatoms. The molecule has 0 aliphatic carbocycles. The zero-order chi connectivity index (χ0) is 14.4. The van der Waals surface area contributed by atoms with Gasteiger partial charge in [-0.3, -0.25) is 4.79 Å². The zero-order valence-electron chi connectivity index (χ0n) is 12.3. The third-order valence-corrected chi connectivity index (χ3v) is 3.63. The molecule has 0 N–H and O–H groups in total. The number of ether oxygens (including phenoxy) is 2. The molecule has 20 heavy (non-hydrogen) atoms. The number of carbonyl (C=O) groups is 1. The van der Waals surface area contributed by atoms with Crippen molar-refractivity contribution in [3.8, 4) is 5.75 Å². The predicted octanol–water partition coefficient (Wildman–Crippen LogP) is 2.58. The van der Waals surface area contributed by atoms with Gasteiger partial charge in [-0.2, -0.15) is 0 Å². The van der Waals surface area contributed by atoms with E-state index in [2.05, 4.69) is 0 Å². The number of hydrogen-bond donors (Lipinski definition) is 0. The molecule has 110 valence electrons. The van der Waals surface area contributed by atoms with Crippen molar-refractivity contribution in [2.24, 2.45) is 5.92 Å². The van der Waals surface area contributed by atoms with Gasteiger partial charge in [0.05, 0.1) is 18.8 Å². The lowest BCUT2D eigenvalue weighted by molar-refractivity contribution is 0.0567. The SMILES string of the molecule is CCOc1ccccc1C(=O)N1CCCC(COC)C1. The van der Waals surface area contributed by atoms with Crippen molar-refractivity contribution < 1.29 is 14.3 Å². The molecule has 4 nitrogen and oxygen atoms in total. The van der Waals surface area contributed by atoms with Crippen LogP contribution in [0.3, 0.4) is 0 Å². The molecule has 0 bridgehead atoms. The van der Waals surface area contributed by atoms with E-state index in [1.807, 2.05) is 36.1 Å². The maximum Gasteiger partial charge on any atom is 0.257 e. The van der Waals surface area contributed by atoms with Gasteiger partial charge in [0.15, 0.2) is 0 Å². The maximum atomic E-state index is 12.7. The van der Waals surface area contributed by atoms with E-state index in [1.165, 1.54) is 0 Å². The van der Waals surface area contributed by atoms with Crippen LogP contribution in [0, 0.1) is 5.92 Å². The lowest BCUT2D eigenvalue weighted by Crippen LogP contribution is -2.41. The van der Waals surface area contributed by atoms with Gasteiger partial charge in [-0.15, -0.1) is 0 Å². The average Bonchev–Trinajstić information content (AvgIpc) is 2.48. The molecule has 2 rings (SSSR count). The first kappa shape index (κ1) is 14.9. The first-order chi connectivity index (χ1) is 9.76. The quantitative estimate of drug-likeness (QED) is 0.830. The fraction of sp³-hybridized carbons (Fsp3) is 0.562.